The number of aryl methyl sites for hydroxylation is 2. The molecule has 16 heavy (non-hydrogen) atoms. The number of hydrogen-bond acceptors (Lipinski definition) is 2. The van der Waals surface area contributed by atoms with Gasteiger partial charge in [-0.3, -0.25) is 4.79 Å². The number of hydrogen-bond donors (Lipinski definition) is 0. The first-order valence-corrected chi connectivity index (χ1v) is 4.94. The lowest BCUT2D eigenvalue weighted by molar-refractivity contribution is 0.103. The molecule has 2 aromatic rings. The highest BCUT2D eigenvalue weighted by molar-refractivity contribution is 6.10. The first-order valence-electron chi connectivity index (χ1n) is 4.94. The number of carbonyl (C=O) groups excluding carboxylic acids is 1. The van der Waals surface area contributed by atoms with Gasteiger partial charge in [0.2, 0.25) is 0 Å². The third kappa shape index (κ3) is 1.76. The molecule has 0 fully saturated rings. The Morgan fingerprint density at radius 1 is 1.19 bits per heavy atom. The standard InChI is InChI=1S/C13H11FO2/c1-8-7-10(14)3-4-11(8)13(15)12-5-6-16-9(12)2/h3-7H,1-2H3. The third-order valence-corrected chi connectivity index (χ3v) is 2.54. The average molecular weight is 218 g/mol. The fourth-order valence-corrected chi connectivity index (χ4v) is 1.65. The molecule has 0 atom stereocenters. The van der Waals surface area contributed by atoms with Crippen molar-refractivity contribution in [3.63, 3.8) is 0 Å². The maximum absolute atomic E-state index is 12.9. The molecule has 2 nitrogen and oxygen atoms in total. The van der Waals surface area contributed by atoms with E-state index < -0.39 is 0 Å². The molecule has 1 heterocycles. The SMILES string of the molecule is Cc1cc(F)ccc1C(=O)c1ccoc1C. The molecular weight excluding hydrogens is 207 g/mol. The van der Waals surface area contributed by atoms with Crippen molar-refractivity contribution in [3.05, 3.63) is 58.8 Å². The van der Waals surface area contributed by atoms with Crippen LogP contribution < -0.4 is 0 Å². The Morgan fingerprint density at radius 2 is 1.94 bits per heavy atom. The van der Waals surface area contributed by atoms with Crippen LogP contribution in [0.25, 0.3) is 0 Å². The largest absolute Gasteiger partial charge is 0.469 e. The van der Waals surface area contributed by atoms with E-state index in [1.54, 1.807) is 19.9 Å². The van der Waals surface area contributed by atoms with Crippen LogP contribution in [-0.2, 0) is 0 Å². The molecule has 0 bridgehead atoms. The molecule has 0 N–H and O–H groups in total. The van der Waals surface area contributed by atoms with E-state index in [0.29, 0.717) is 22.5 Å². The van der Waals surface area contributed by atoms with Gasteiger partial charge in [0.1, 0.15) is 11.6 Å². The summed E-state index contributed by atoms with van der Waals surface area (Å²) in [6.07, 6.45) is 1.47. The quantitative estimate of drug-likeness (QED) is 0.724. The number of furan rings is 1. The fourth-order valence-electron chi connectivity index (χ4n) is 1.65. The van der Waals surface area contributed by atoms with Crippen LogP contribution in [0.15, 0.2) is 34.9 Å². The van der Waals surface area contributed by atoms with Gasteiger partial charge in [0, 0.05) is 5.56 Å². The lowest BCUT2D eigenvalue weighted by Crippen LogP contribution is -2.04. The lowest BCUT2D eigenvalue weighted by atomic mass is 9.99. The molecule has 0 saturated heterocycles. The van der Waals surface area contributed by atoms with Crippen molar-refractivity contribution in [1.82, 2.24) is 0 Å². The van der Waals surface area contributed by atoms with Gasteiger partial charge in [-0.2, -0.15) is 0 Å². The van der Waals surface area contributed by atoms with Crippen LogP contribution in [0.3, 0.4) is 0 Å². The van der Waals surface area contributed by atoms with Gasteiger partial charge in [-0.05, 0) is 43.7 Å². The number of benzene rings is 1. The average Bonchev–Trinajstić information content (AvgIpc) is 2.63. The minimum atomic E-state index is -0.335. The second kappa shape index (κ2) is 3.93. The first-order chi connectivity index (χ1) is 7.59. The first kappa shape index (κ1) is 10.6. The van der Waals surface area contributed by atoms with E-state index in [1.807, 2.05) is 0 Å². The molecule has 0 aliphatic carbocycles. The highest BCUT2D eigenvalue weighted by Crippen LogP contribution is 2.18. The minimum absolute atomic E-state index is 0.135. The van der Waals surface area contributed by atoms with Crippen LogP contribution in [0.4, 0.5) is 4.39 Å². The molecular formula is C13H11FO2. The molecule has 0 spiro atoms. The van der Waals surface area contributed by atoms with Crippen LogP contribution in [0.2, 0.25) is 0 Å². The highest BCUT2D eigenvalue weighted by atomic mass is 19.1. The summed E-state index contributed by atoms with van der Waals surface area (Å²) in [6.45, 7) is 3.44. The van der Waals surface area contributed by atoms with Gasteiger partial charge < -0.3 is 4.42 Å². The Bertz CT molecular complexity index is 541. The maximum Gasteiger partial charge on any atom is 0.196 e. The summed E-state index contributed by atoms with van der Waals surface area (Å²) in [5.74, 6) is 0.107. The predicted molar refractivity (Wildman–Crippen MR) is 58.0 cm³/mol. The molecule has 0 aliphatic rings. The third-order valence-electron chi connectivity index (χ3n) is 2.54. The Kier molecular flexibility index (Phi) is 2.60. The molecule has 0 radical (unpaired) electrons. The van der Waals surface area contributed by atoms with E-state index in [-0.39, 0.29) is 11.6 Å². The van der Waals surface area contributed by atoms with Crippen LogP contribution in [0.5, 0.6) is 0 Å². The molecule has 1 aromatic carbocycles. The van der Waals surface area contributed by atoms with Crippen LogP contribution >= 0.6 is 0 Å². The Hall–Kier alpha value is -1.90. The normalized spacial score (nSPS) is 10.4. The van der Waals surface area contributed by atoms with Crippen molar-refractivity contribution >= 4 is 5.78 Å². The van der Waals surface area contributed by atoms with Gasteiger partial charge in [0.15, 0.2) is 5.78 Å². The van der Waals surface area contributed by atoms with Gasteiger partial charge in [-0.25, -0.2) is 4.39 Å². The zero-order chi connectivity index (χ0) is 11.7. The van der Waals surface area contributed by atoms with Crippen molar-refractivity contribution in [1.29, 1.82) is 0 Å². The summed E-state index contributed by atoms with van der Waals surface area (Å²) in [4.78, 5) is 12.1. The summed E-state index contributed by atoms with van der Waals surface area (Å²) in [6, 6.07) is 5.76. The number of carbonyl (C=O) groups is 1. The molecule has 3 heteroatoms. The summed E-state index contributed by atoms with van der Waals surface area (Å²) < 4.78 is 18.0. The Labute approximate surface area is 92.7 Å². The molecule has 0 amide bonds. The number of rotatable bonds is 2. The van der Waals surface area contributed by atoms with Crippen molar-refractivity contribution in [2.24, 2.45) is 0 Å². The van der Waals surface area contributed by atoms with Crippen LogP contribution in [-0.4, -0.2) is 5.78 Å². The molecule has 82 valence electrons. The fraction of sp³-hybridized carbons (Fsp3) is 0.154. The van der Waals surface area contributed by atoms with Crippen molar-refractivity contribution in [2.45, 2.75) is 13.8 Å². The number of halogens is 1. The second-order valence-corrected chi connectivity index (χ2v) is 3.68. The van der Waals surface area contributed by atoms with Crippen molar-refractivity contribution in [3.8, 4) is 0 Å². The maximum atomic E-state index is 12.9. The van der Waals surface area contributed by atoms with Gasteiger partial charge in [-0.15, -0.1) is 0 Å². The van der Waals surface area contributed by atoms with E-state index >= 15 is 0 Å². The van der Waals surface area contributed by atoms with Crippen LogP contribution in [0.1, 0.15) is 27.2 Å². The summed E-state index contributed by atoms with van der Waals surface area (Å²) in [5, 5.41) is 0. The summed E-state index contributed by atoms with van der Waals surface area (Å²) in [7, 11) is 0. The van der Waals surface area contributed by atoms with E-state index in [2.05, 4.69) is 0 Å². The van der Waals surface area contributed by atoms with Gasteiger partial charge in [0.05, 0.1) is 11.8 Å². The molecule has 1 aromatic heterocycles. The zero-order valence-corrected chi connectivity index (χ0v) is 9.08. The molecule has 0 aliphatic heterocycles. The summed E-state index contributed by atoms with van der Waals surface area (Å²) in [5.41, 5.74) is 1.66. The zero-order valence-electron chi connectivity index (χ0n) is 9.08. The van der Waals surface area contributed by atoms with Gasteiger partial charge in [0.25, 0.3) is 0 Å². The Balaban J connectivity index is 2.46. The van der Waals surface area contributed by atoms with Gasteiger partial charge >= 0.3 is 0 Å². The van der Waals surface area contributed by atoms with E-state index in [4.69, 9.17) is 4.42 Å². The Morgan fingerprint density at radius 3 is 2.50 bits per heavy atom. The molecule has 2 rings (SSSR count). The van der Waals surface area contributed by atoms with Gasteiger partial charge in [-0.1, -0.05) is 0 Å². The minimum Gasteiger partial charge on any atom is -0.469 e. The van der Waals surface area contributed by atoms with Crippen molar-refractivity contribution < 1.29 is 13.6 Å². The molecule has 0 unspecified atom stereocenters. The van der Waals surface area contributed by atoms with E-state index in [0.717, 1.165) is 0 Å². The monoisotopic (exact) mass is 218 g/mol. The number of ketones is 1. The van der Waals surface area contributed by atoms with E-state index in [1.165, 1.54) is 24.5 Å². The highest BCUT2D eigenvalue weighted by Gasteiger charge is 2.15. The van der Waals surface area contributed by atoms with Crippen LogP contribution in [0, 0.1) is 19.7 Å². The molecule has 0 saturated carbocycles. The second-order valence-electron chi connectivity index (χ2n) is 3.68. The van der Waals surface area contributed by atoms with Crippen molar-refractivity contribution in [2.75, 3.05) is 0 Å². The smallest absolute Gasteiger partial charge is 0.196 e. The van der Waals surface area contributed by atoms with E-state index in [9.17, 15) is 9.18 Å². The summed E-state index contributed by atoms with van der Waals surface area (Å²) >= 11 is 0. The predicted octanol–water partition coefficient (Wildman–Crippen LogP) is 3.27. The lowest BCUT2D eigenvalue weighted by Gasteiger charge is -2.03. The topological polar surface area (TPSA) is 30.2 Å².